The van der Waals surface area contributed by atoms with Gasteiger partial charge in [0, 0.05) is 12.1 Å². The van der Waals surface area contributed by atoms with Gasteiger partial charge in [-0.05, 0) is 31.5 Å². The maximum Gasteiger partial charge on any atom is 0.124 e. The molecular weight excluding hydrogens is 210 g/mol. The predicted molar refractivity (Wildman–Crippen MR) is 73.5 cm³/mol. The number of benzene rings is 1. The second-order valence-corrected chi connectivity index (χ2v) is 4.28. The largest absolute Gasteiger partial charge is 0.489 e. The third-order valence-corrected chi connectivity index (χ3v) is 2.71. The highest BCUT2D eigenvalue weighted by Gasteiger charge is 2.04. The maximum atomic E-state index is 5.80. The van der Waals surface area contributed by atoms with Gasteiger partial charge in [0.05, 0.1) is 0 Å². The van der Waals surface area contributed by atoms with Crippen LogP contribution in [0.4, 0.5) is 0 Å². The molecule has 0 saturated carbocycles. The molecule has 0 aliphatic carbocycles. The zero-order valence-electron chi connectivity index (χ0n) is 11.2. The molecule has 0 bridgehead atoms. The van der Waals surface area contributed by atoms with Gasteiger partial charge in [0.1, 0.15) is 12.4 Å². The Morgan fingerprint density at radius 3 is 2.76 bits per heavy atom. The summed E-state index contributed by atoms with van der Waals surface area (Å²) in [5, 5.41) is 3.33. The lowest BCUT2D eigenvalue weighted by atomic mass is 10.1. The Morgan fingerprint density at radius 2 is 2.12 bits per heavy atom. The molecule has 0 amide bonds. The van der Waals surface area contributed by atoms with Crippen molar-refractivity contribution in [3.63, 3.8) is 0 Å². The van der Waals surface area contributed by atoms with Crippen molar-refractivity contribution in [2.45, 2.75) is 33.7 Å². The first-order chi connectivity index (χ1) is 8.17. The van der Waals surface area contributed by atoms with Crippen molar-refractivity contribution in [3.8, 4) is 5.75 Å². The summed E-state index contributed by atoms with van der Waals surface area (Å²) in [7, 11) is 0. The van der Waals surface area contributed by atoms with Crippen LogP contribution >= 0.6 is 0 Å². The van der Waals surface area contributed by atoms with Crippen molar-refractivity contribution in [2.75, 3.05) is 13.2 Å². The highest BCUT2D eigenvalue weighted by molar-refractivity contribution is 5.37. The smallest absolute Gasteiger partial charge is 0.124 e. The molecule has 0 aromatic heterocycles. The molecule has 1 aromatic carbocycles. The van der Waals surface area contributed by atoms with Crippen LogP contribution in [0.3, 0.4) is 0 Å². The number of nitrogens with one attached hydrogen (secondary N) is 1. The zero-order chi connectivity index (χ0) is 12.7. The van der Waals surface area contributed by atoms with E-state index in [-0.39, 0.29) is 0 Å². The van der Waals surface area contributed by atoms with Gasteiger partial charge in [0.25, 0.3) is 0 Å². The lowest BCUT2D eigenvalue weighted by Gasteiger charge is -2.13. The monoisotopic (exact) mass is 233 g/mol. The summed E-state index contributed by atoms with van der Waals surface area (Å²) in [6.07, 6.45) is 0.967. The van der Waals surface area contributed by atoms with Crippen molar-refractivity contribution in [2.24, 2.45) is 0 Å². The average Bonchev–Trinajstić information content (AvgIpc) is 2.34. The minimum atomic E-state index is 0.610. The molecule has 0 atom stereocenters. The molecule has 0 radical (unpaired) electrons. The minimum absolute atomic E-state index is 0.610. The van der Waals surface area contributed by atoms with Gasteiger partial charge in [0.2, 0.25) is 0 Å². The van der Waals surface area contributed by atoms with E-state index < -0.39 is 0 Å². The highest BCUT2D eigenvalue weighted by Crippen LogP contribution is 2.20. The van der Waals surface area contributed by atoms with Crippen LogP contribution in [0.2, 0.25) is 0 Å². The van der Waals surface area contributed by atoms with E-state index in [0.29, 0.717) is 6.61 Å². The summed E-state index contributed by atoms with van der Waals surface area (Å²) in [6.45, 7) is 12.7. The highest BCUT2D eigenvalue weighted by atomic mass is 16.5. The molecule has 0 spiro atoms. The Morgan fingerprint density at radius 1 is 1.35 bits per heavy atom. The molecule has 2 nitrogen and oxygen atoms in total. The number of hydrogen-bond donors (Lipinski definition) is 1. The summed E-state index contributed by atoms with van der Waals surface area (Å²) in [6, 6.07) is 6.30. The molecule has 1 rings (SSSR count). The number of hydrogen-bond acceptors (Lipinski definition) is 2. The normalized spacial score (nSPS) is 10.3. The summed E-state index contributed by atoms with van der Waals surface area (Å²) < 4.78 is 5.80. The molecule has 0 fully saturated rings. The fourth-order valence-corrected chi connectivity index (χ4v) is 1.53. The third-order valence-electron chi connectivity index (χ3n) is 2.71. The number of rotatable bonds is 7. The van der Waals surface area contributed by atoms with Crippen LogP contribution in [0, 0.1) is 6.92 Å². The molecule has 2 heteroatoms. The number of ether oxygens (including phenoxy) is 1. The summed E-state index contributed by atoms with van der Waals surface area (Å²) in [5.41, 5.74) is 3.61. The topological polar surface area (TPSA) is 21.3 Å². The molecule has 1 N–H and O–H groups in total. The zero-order valence-corrected chi connectivity index (χ0v) is 11.2. The average molecular weight is 233 g/mol. The fraction of sp³-hybridized carbons (Fsp3) is 0.467. The van der Waals surface area contributed by atoms with E-state index in [1.165, 1.54) is 11.1 Å². The third kappa shape index (κ3) is 4.61. The van der Waals surface area contributed by atoms with E-state index in [9.17, 15) is 0 Å². The molecule has 0 saturated heterocycles. The quantitative estimate of drug-likeness (QED) is 0.728. The van der Waals surface area contributed by atoms with Gasteiger partial charge < -0.3 is 10.1 Å². The molecule has 0 heterocycles. The minimum Gasteiger partial charge on any atom is -0.489 e. The van der Waals surface area contributed by atoms with E-state index in [2.05, 4.69) is 44.8 Å². The predicted octanol–water partition coefficient (Wildman–Crippen LogP) is 3.45. The van der Waals surface area contributed by atoms with Crippen LogP contribution in [0.15, 0.2) is 30.4 Å². The Labute approximate surface area is 105 Å². The second-order valence-electron chi connectivity index (χ2n) is 4.28. The van der Waals surface area contributed by atoms with Gasteiger partial charge in [-0.2, -0.15) is 0 Å². The SMILES string of the molecule is C=C(CC)COc1ccc(C)cc1CNCC. The van der Waals surface area contributed by atoms with Gasteiger partial charge in [-0.25, -0.2) is 0 Å². The van der Waals surface area contributed by atoms with Crippen molar-refractivity contribution < 1.29 is 4.74 Å². The molecule has 17 heavy (non-hydrogen) atoms. The second kappa shape index (κ2) is 7.13. The lowest BCUT2D eigenvalue weighted by Crippen LogP contribution is -2.13. The van der Waals surface area contributed by atoms with Crippen LogP contribution in [-0.2, 0) is 6.54 Å². The van der Waals surface area contributed by atoms with Crippen LogP contribution in [0.25, 0.3) is 0 Å². The number of aryl methyl sites for hydroxylation is 1. The molecular formula is C15H23NO. The van der Waals surface area contributed by atoms with Gasteiger partial charge >= 0.3 is 0 Å². The van der Waals surface area contributed by atoms with Crippen LogP contribution in [0.5, 0.6) is 5.75 Å². The maximum absolute atomic E-state index is 5.80. The Bertz CT molecular complexity index is 371. The van der Waals surface area contributed by atoms with E-state index in [0.717, 1.165) is 30.8 Å². The standard InChI is InChI=1S/C15H23NO/c1-5-12(3)11-17-15-8-7-13(4)9-14(15)10-16-6-2/h7-9,16H,3,5-6,10-11H2,1-2,4H3. The van der Waals surface area contributed by atoms with E-state index in [4.69, 9.17) is 4.74 Å². The van der Waals surface area contributed by atoms with Crippen LogP contribution in [-0.4, -0.2) is 13.2 Å². The Kier molecular flexibility index (Phi) is 5.78. The van der Waals surface area contributed by atoms with Crippen LogP contribution in [0.1, 0.15) is 31.4 Å². The first-order valence-corrected chi connectivity index (χ1v) is 6.27. The first kappa shape index (κ1) is 13.8. The van der Waals surface area contributed by atoms with E-state index in [1.54, 1.807) is 0 Å². The van der Waals surface area contributed by atoms with Crippen molar-refractivity contribution >= 4 is 0 Å². The van der Waals surface area contributed by atoms with Crippen molar-refractivity contribution in [1.29, 1.82) is 0 Å². The molecule has 0 aliphatic heterocycles. The molecule has 94 valence electrons. The summed E-state index contributed by atoms with van der Waals surface area (Å²) in [5.74, 6) is 0.964. The van der Waals surface area contributed by atoms with E-state index in [1.807, 2.05) is 6.07 Å². The first-order valence-electron chi connectivity index (χ1n) is 6.27. The van der Waals surface area contributed by atoms with Gasteiger partial charge in [0.15, 0.2) is 0 Å². The van der Waals surface area contributed by atoms with Crippen LogP contribution < -0.4 is 10.1 Å². The fourth-order valence-electron chi connectivity index (χ4n) is 1.53. The van der Waals surface area contributed by atoms with Crippen molar-refractivity contribution in [3.05, 3.63) is 41.5 Å². The summed E-state index contributed by atoms with van der Waals surface area (Å²) >= 11 is 0. The molecule has 0 unspecified atom stereocenters. The Balaban J connectivity index is 2.71. The summed E-state index contributed by atoms with van der Waals surface area (Å²) in [4.78, 5) is 0. The Hall–Kier alpha value is -1.28. The lowest BCUT2D eigenvalue weighted by molar-refractivity contribution is 0.344. The molecule has 1 aromatic rings. The molecule has 0 aliphatic rings. The van der Waals surface area contributed by atoms with E-state index >= 15 is 0 Å². The van der Waals surface area contributed by atoms with Gasteiger partial charge in [-0.1, -0.05) is 38.1 Å². The van der Waals surface area contributed by atoms with Crippen molar-refractivity contribution in [1.82, 2.24) is 5.32 Å². The van der Waals surface area contributed by atoms with Gasteiger partial charge in [-0.3, -0.25) is 0 Å². The van der Waals surface area contributed by atoms with Gasteiger partial charge in [-0.15, -0.1) is 0 Å².